The monoisotopic (exact) mass is 642 g/mol. The average Bonchev–Trinajstić information content (AvgIpc) is 3.53. The van der Waals surface area contributed by atoms with Crippen LogP contribution in [0.25, 0.3) is 70.9 Å². The Bertz CT molecular complexity index is 2720. The number of hydrogen-bond donors (Lipinski definition) is 0. The van der Waals surface area contributed by atoms with Crippen molar-refractivity contribution in [2.75, 3.05) is 0 Å². The SMILES string of the molecule is CC(=N/C(=C\C(C)n1c2ccccc2c2c3ccc(-c4ccc5ccc6ccccc6c5c4)cc3ccc21)c1ccccc1)C1=CCCC=C1. The molecule has 0 saturated carbocycles. The molecule has 0 radical (unpaired) electrons. The van der Waals surface area contributed by atoms with Crippen molar-refractivity contribution in [1.82, 2.24) is 4.57 Å². The molecule has 7 aromatic carbocycles. The summed E-state index contributed by atoms with van der Waals surface area (Å²) in [5, 5.41) is 10.2. The fraction of sp³-hybridized carbons (Fsp3) is 0.104. The van der Waals surface area contributed by atoms with Gasteiger partial charge in [-0.25, -0.2) is 0 Å². The van der Waals surface area contributed by atoms with Crippen LogP contribution in [-0.4, -0.2) is 10.3 Å². The molecule has 1 atom stereocenters. The van der Waals surface area contributed by atoms with E-state index in [4.69, 9.17) is 4.99 Å². The molecule has 9 rings (SSSR count). The third-order valence-electron chi connectivity index (χ3n) is 10.3. The molecule has 50 heavy (non-hydrogen) atoms. The molecule has 0 saturated heterocycles. The number of aliphatic imine (C=N–C) groups is 1. The molecule has 1 aliphatic rings. The first-order valence-electron chi connectivity index (χ1n) is 17.7. The smallest absolute Gasteiger partial charge is 0.0686 e. The van der Waals surface area contributed by atoms with Gasteiger partial charge in [0.25, 0.3) is 0 Å². The van der Waals surface area contributed by atoms with E-state index in [1.54, 1.807) is 0 Å². The first kappa shape index (κ1) is 30.1. The molecule has 0 N–H and O–H groups in total. The Morgan fingerprint density at radius 2 is 1.32 bits per heavy atom. The highest BCUT2D eigenvalue weighted by atomic mass is 15.0. The largest absolute Gasteiger partial charge is 0.334 e. The molecule has 2 nitrogen and oxygen atoms in total. The Morgan fingerprint density at radius 3 is 2.16 bits per heavy atom. The van der Waals surface area contributed by atoms with Crippen molar-refractivity contribution in [2.45, 2.75) is 32.7 Å². The van der Waals surface area contributed by atoms with E-state index in [0.29, 0.717) is 0 Å². The number of para-hydroxylation sites is 1. The molecular weight excluding hydrogens is 605 g/mol. The molecule has 0 fully saturated rings. The van der Waals surface area contributed by atoms with Gasteiger partial charge >= 0.3 is 0 Å². The van der Waals surface area contributed by atoms with Gasteiger partial charge < -0.3 is 4.57 Å². The molecule has 1 aromatic heterocycles. The Labute approximate surface area is 293 Å². The summed E-state index contributed by atoms with van der Waals surface area (Å²) in [7, 11) is 0. The summed E-state index contributed by atoms with van der Waals surface area (Å²) in [6.07, 6.45) is 11.2. The van der Waals surface area contributed by atoms with Crippen LogP contribution >= 0.6 is 0 Å². The van der Waals surface area contributed by atoms with E-state index in [1.807, 2.05) is 0 Å². The van der Waals surface area contributed by atoms with Crippen LogP contribution in [0, 0.1) is 0 Å². The standard InChI is InChI=1S/C48H38N2/c1-32(29-45(37-16-7-4-8-17-37)49-33(2)34-13-5-3-6-14-34)50-46-20-12-11-19-43(46)48-42-27-25-38(30-40(42)26-28-47(48)50)39-24-23-36-22-21-35-15-9-10-18-41(35)44(36)31-39/h4-5,7-32H,3,6H2,1-2H3/b45-29-,49-33?. The summed E-state index contributed by atoms with van der Waals surface area (Å²) in [6, 6.07) is 51.1. The van der Waals surface area contributed by atoms with Crippen molar-refractivity contribution >= 4 is 65.5 Å². The Balaban J connectivity index is 1.18. The predicted octanol–water partition coefficient (Wildman–Crippen LogP) is 13.3. The van der Waals surface area contributed by atoms with Crippen molar-refractivity contribution in [3.63, 3.8) is 0 Å². The minimum atomic E-state index is 0.0594. The Hall–Kier alpha value is -5.99. The maximum absolute atomic E-state index is 5.25. The molecule has 1 aliphatic carbocycles. The predicted molar refractivity (Wildman–Crippen MR) is 216 cm³/mol. The molecule has 2 heteroatoms. The second-order valence-electron chi connectivity index (χ2n) is 13.5. The topological polar surface area (TPSA) is 17.3 Å². The van der Waals surface area contributed by atoms with Gasteiger partial charge in [-0.3, -0.25) is 4.99 Å². The van der Waals surface area contributed by atoms with Crippen LogP contribution in [0.15, 0.2) is 174 Å². The van der Waals surface area contributed by atoms with E-state index in [2.05, 4.69) is 182 Å². The molecule has 0 bridgehead atoms. The van der Waals surface area contributed by atoms with Gasteiger partial charge in [0, 0.05) is 22.0 Å². The van der Waals surface area contributed by atoms with Gasteiger partial charge in [0.2, 0.25) is 0 Å². The molecule has 1 heterocycles. The van der Waals surface area contributed by atoms with E-state index in [1.165, 1.54) is 70.8 Å². The highest BCUT2D eigenvalue weighted by Crippen LogP contribution is 2.39. The number of aromatic nitrogens is 1. The lowest BCUT2D eigenvalue weighted by molar-refractivity contribution is 0.711. The van der Waals surface area contributed by atoms with E-state index in [0.717, 1.165) is 29.8 Å². The molecule has 0 aliphatic heterocycles. The lowest BCUT2D eigenvalue weighted by Gasteiger charge is -2.16. The van der Waals surface area contributed by atoms with E-state index in [-0.39, 0.29) is 6.04 Å². The van der Waals surface area contributed by atoms with Crippen molar-refractivity contribution in [3.8, 4) is 11.1 Å². The summed E-state index contributed by atoms with van der Waals surface area (Å²) in [6.45, 7) is 4.42. The zero-order chi connectivity index (χ0) is 33.6. The quantitative estimate of drug-likeness (QED) is 0.127. The molecular formula is C48H38N2. The highest BCUT2D eigenvalue weighted by Gasteiger charge is 2.18. The lowest BCUT2D eigenvalue weighted by atomic mass is 9.95. The maximum Gasteiger partial charge on any atom is 0.0686 e. The van der Waals surface area contributed by atoms with Gasteiger partial charge in [0.05, 0.1) is 17.3 Å². The van der Waals surface area contributed by atoms with Crippen molar-refractivity contribution < 1.29 is 0 Å². The second-order valence-corrected chi connectivity index (χ2v) is 13.5. The second kappa shape index (κ2) is 12.5. The zero-order valence-electron chi connectivity index (χ0n) is 28.5. The number of fused-ring (bicyclic) bond motifs is 8. The van der Waals surface area contributed by atoms with Crippen LogP contribution in [0.1, 0.15) is 38.3 Å². The van der Waals surface area contributed by atoms with E-state index >= 15 is 0 Å². The van der Waals surface area contributed by atoms with Crippen molar-refractivity contribution in [1.29, 1.82) is 0 Å². The van der Waals surface area contributed by atoms with Crippen LogP contribution in [0.4, 0.5) is 0 Å². The van der Waals surface area contributed by atoms with Crippen LogP contribution in [-0.2, 0) is 0 Å². The lowest BCUT2D eigenvalue weighted by Crippen LogP contribution is -2.04. The van der Waals surface area contributed by atoms with Crippen LogP contribution < -0.4 is 0 Å². The molecule has 240 valence electrons. The van der Waals surface area contributed by atoms with Gasteiger partial charge in [0.15, 0.2) is 0 Å². The first-order chi connectivity index (χ1) is 24.6. The van der Waals surface area contributed by atoms with Crippen LogP contribution in [0.5, 0.6) is 0 Å². The fourth-order valence-electron chi connectivity index (χ4n) is 7.86. The van der Waals surface area contributed by atoms with E-state index < -0.39 is 0 Å². The van der Waals surface area contributed by atoms with Gasteiger partial charge in [0.1, 0.15) is 0 Å². The molecule has 0 spiro atoms. The third kappa shape index (κ3) is 5.25. The number of nitrogens with zero attached hydrogens (tertiary/aromatic N) is 2. The Morgan fingerprint density at radius 1 is 0.620 bits per heavy atom. The van der Waals surface area contributed by atoms with Crippen LogP contribution in [0.3, 0.4) is 0 Å². The molecule has 8 aromatic rings. The number of benzene rings is 7. The molecule has 0 amide bonds. The Kier molecular flexibility index (Phi) is 7.51. The molecule has 1 unspecified atom stereocenters. The summed E-state index contributed by atoms with van der Waals surface area (Å²) >= 11 is 0. The van der Waals surface area contributed by atoms with Gasteiger partial charge in [-0.15, -0.1) is 0 Å². The normalized spacial score (nSPS) is 14.6. The fourth-order valence-corrected chi connectivity index (χ4v) is 7.86. The van der Waals surface area contributed by atoms with Gasteiger partial charge in [-0.05, 0) is 112 Å². The number of allylic oxidation sites excluding steroid dienone is 5. The highest BCUT2D eigenvalue weighted by molar-refractivity contribution is 6.21. The zero-order valence-corrected chi connectivity index (χ0v) is 28.5. The summed E-state index contributed by atoms with van der Waals surface area (Å²) in [4.78, 5) is 5.25. The first-order valence-corrected chi connectivity index (χ1v) is 17.7. The third-order valence-corrected chi connectivity index (χ3v) is 10.3. The van der Waals surface area contributed by atoms with Crippen molar-refractivity contribution in [2.24, 2.45) is 4.99 Å². The van der Waals surface area contributed by atoms with Crippen LogP contribution in [0.2, 0.25) is 0 Å². The van der Waals surface area contributed by atoms with E-state index in [9.17, 15) is 0 Å². The minimum Gasteiger partial charge on any atom is -0.334 e. The van der Waals surface area contributed by atoms with Gasteiger partial charge in [-0.1, -0.05) is 133 Å². The summed E-state index contributed by atoms with van der Waals surface area (Å²) < 4.78 is 2.49. The van der Waals surface area contributed by atoms with Gasteiger partial charge in [-0.2, -0.15) is 0 Å². The minimum absolute atomic E-state index is 0.0594. The average molecular weight is 643 g/mol. The summed E-state index contributed by atoms with van der Waals surface area (Å²) in [5.41, 5.74) is 9.32. The summed E-state index contributed by atoms with van der Waals surface area (Å²) in [5.74, 6) is 0. The number of hydrogen-bond acceptors (Lipinski definition) is 1. The van der Waals surface area contributed by atoms with Crippen molar-refractivity contribution in [3.05, 3.63) is 175 Å². The maximum atomic E-state index is 5.25. The number of rotatable bonds is 6.